The molecule has 0 radical (unpaired) electrons. The van der Waals surface area contributed by atoms with Crippen LogP contribution >= 0.6 is 0 Å². The molecule has 186 valence electrons. The molecule has 0 unspecified atom stereocenters. The number of carbonyl (C=O) groups is 1. The van der Waals surface area contributed by atoms with Crippen LogP contribution in [0.1, 0.15) is 110 Å². The average Bonchev–Trinajstić information content (AvgIpc) is 2.75. The number of carboxylic acid groups (broad SMARTS) is 1. The van der Waals surface area contributed by atoms with Gasteiger partial charge in [-0.15, -0.1) is 0 Å². The van der Waals surface area contributed by atoms with Gasteiger partial charge >= 0.3 is 5.97 Å². The molecule has 4 atom stereocenters. The molecule has 1 aliphatic heterocycles. The van der Waals surface area contributed by atoms with Gasteiger partial charge in [-0.2, -0.15) is 0 Å². The van der Waals surface area contributed by atoms with Crippen molar-refractivity contribution in [3.8, 4) is 0 Å². The van der Waals surface area contributed by atoms with Crippen molar-refractivity contribution < 1.29 is 35.1 Å². The summed E-state index contributed by atoms with van der Waals surface area (Å²) >= 11 is 0. The molecular weight excluding hydrogens is 400 g/mol. The monoisotopic (exact) mass is 448 g/mol. The number of unbranched alkanes of at least 4 members (excludes halogenated alkanes) is 14. The molecule has 1 aliphatic rings. The lowest BCUT2D eigenvalue weighted by Gasteiger charge is -2.34. The van der Waals surface area contributed by atoms with Crippen LogP contribution in [0.5, 0.6) is 0 Å². The van der Waals surface area contributed by atoms with Crippen molar-refractivity contribution in [2.75, 3.05) is 13.2 Å². The minimum Gasteiger partial charge on any atom is -0.481 e. The fourth-order valence-electron chi connectivity index (χ4n) is 3.68. The predicted molar refractivity (Wildman–Crippen MR) is 122 cm³/mol. The SMILES string of the molecule is CCCCCCCCCCCCCCCCCC(=O)O.OC[C@H]1OC[C@H](O)[C@@H](O)[C@@H]1O. The van der Waals surface area contributed by atoms with Gasteiger partial charge in [-0.05, 0) is 6.42 Å². The van der Waals surface area contributed by atoms with Crippen LogP contribution in [-0.2, 0) is 9.53 Å². The van der Waals surface area contributed by atoms with Crippen molar-refractivity contribution in [2.24, 2.45) is 0 Å². The molecule has 0 aromatic rings. The minimum absolute atomic E-state index is 0.0521. The van der Waals surface area contributed by atoms with Crippen molar-refractivity contribution in [1.82, 2.24) is 0 Å². The van der Waals surface area contributed by atoms with E-state index in [1.165, 1.54) is 83.5 Å². The molecule has 7 nitrogen and oxygen atoms in total. The van der Waals surface area contributed by atoms with E-state index in [2.05, 4.69) is 6.92 Å². The Kier molecular flexibility index (Phi) is 20.6. The van der Waals surface area contributed by atoms with Crippen molar-refractivity contribution in [3.05, 3.63) is 0 Å². The van der Waals surface area contributed by atoms with Crippen molar-refractivity contribution in [2.45, 2.75) is 134 Å². The van der Waals surface area contributed by atoms with Gasteiger partial charge in [0.25, 0.3) is 0 Å². The Morgan fingerprint density at radius 1 is 0.742 bits per heavy atom. The van der Waals surface area contributed by atoms with E-state index in [0.717, 1.165) is 12.8 Å². The smallest absolute Gasteiger partial charge is 0.303 e. The first-order chi connectivity index (χ1) is 14.9. The molecule has 0 spiro atoms. The Morgan fingerprint density at radius 3 is 1.55 bits per heavy atom. The van der Waals surface area contributed by atoms with Crippen LogP contribution in [0.4, 0.5) is 0 Å². The van der Waals surface area contributed by atoms with Gasteiger partial charge in [-0.3, -0.25) is 4.79 Å². The van der Waals surface area contributed by atoms with Crippen LogP contribution < -0.4 is 0 Å². The molecule has 0 aliphatic carbocycles. The maximum absolute atomic E-state index is 10.3. The molecule has 0 aromatic carbocycles. The number of carboxylic acids is 1. The van der Waals surface area contributed by atoms with Gasteiger partial charge in [0.15, 0.2) is 0 Å². The molecule has 0 aromatic heterocycles. The molecule has 7 heteroatoms. The van der Waals surface area contributed by atoms with E-state index in [0.29, 0.717) is 6.42 Å². The van der Waals surface area contributed by atoms with E-state index < -0.39 is 30.4 Å². The second-order valence-electron chi connectivity index (χ2n) is 8.70. The zero-order valence-corrected chi connectivity index (χ0v) is 19.6. The third-order valence-corrected chi connectivity index (χ3v) is 5.78. The number of aliphatic carboxylic acids is 1. The van der Waals surface area contributed by atoms with Crippen LogP contribution in [0, 0.1) is 0 Å². The summed E-state index contributed by atoms with van der Waals surface area (Å²) in [5.74, 6) is -0.653. The third kappa shape index (κ3) is 17.5. The highest BCUT2D eigenvalue weighted by atomic mass is 16.5. The second kappa shape index (κ2) is 21.1. The standard InChI is InChI=1S/C18H36O2.C6H12O5/c1-2-3-4-5-6-7-8-9-10-11-12-13-14-15-16-17-18(19)20;7-1-4-6(10)5(9)3(8)2-11-4/h2-17H2,1H3,(H,19,20);3-10H,1-2H2/t;3-,4+,5+,6+/m.0/s1. The topological polar surface area (TPSA) is 127 Å². The highest BCUT2D eigenvalue weighted by Gasteiger charge is 2.36. The van der Waals surface area contributed by atoms with Gasteiger partial charge in [0.1, 0.15) is 24.4 Å². The number of rotatable bonds is 17. The normalized spacial score (nSPS) is 23.3. The van der Waals surface area contributed by atoms with E-state index in [-0.39, 0.29) is 13.2 Å². The van der Waals surface area contributed by atoms with Crippen LogP contribution in [0.2, 0.25) is 0 Å². The Labute approximate surface area is 188 Å². The fraction of sp³-hybridized carbons (Fsp3) is 0.958. The summed E-state index contributed by atoms with van der Waals surface area (Å²) in [6.07, 6.45) is 15.9. The zero-order chi connectivity index (χ0) is 23.3. The molecule has 1 saturated heterocycles. The lowest BCUT2D eigenvalue weighted by atomic mass is 10.0. The van der Waals surface area contributed by atoms with Crippen molar-refractivity contribution in [3.63, 3.8) is 0 Å². The van der Waals surface area contributed by atoms with E-state index in [4.69, 9.17) is 30.3 Å². The average molecular weight is 449 g/mol. The number of hydrogen-bond donors (Lipinski definition) is 5. The van der Waals surface area contributed by atoms with Gasteiger partial charge in [0.2, 0.25) is 0 Å². The summed E-state index contributed by atoms with van der Waals surface area (Å²) in [7, 11) is 0. The summed E-state index contributed by atoms with van der Waals surface area (Å²) in [5, 5.41) is 44.2. The summed E-state index contributed by atoms with van der Waals surface area (Å²) in [4.78, 5) is 10.3. The third-order valence-electron chi connectivity index (χ3n) is 5.78. The van der Waals surface area contributed by atoms with Crippen LogP contribution in [0.3, 0.4) is 0 Å². The highest BCUT2D eigenvalue weighted by molar-refractivity contribution is 5.66. The van der Waals surface area contributed by atoms with Crippen molar-refractivity contribution >= 4 is 5.97 Å². The predicted octanol–water partition coefficient (Wildman–Crippen LogP) is 3.79. The molecule has 5 N–H and O–H groups in total. The van der Waals surface area contributed by atoms with Gasteiger partial charge in [0, 0.05) is 6.42 Å². The summed E-state index contributed by atoms with van der Waals surface area (Å²) in [6.45, 7) is 1.86. The van der Waals surface area contributed by atoms with Crippen LogP contribution in [0.15, 0.2) is 0 Å². The first kappa shape index (κ1) is 30.3. The van der Waals surface area contributed by atoms with Gasteiger partial charge < -0.3 is 30.3 Å². The molecule has 0 amide bonds. The molecule has 31 heavy (non-hydrogen) atoms. The number of aliphatic hydroxyl groups is 4. The van der Waals surface area contributed by atoms with Gasteiger partial charge in [-0.1, -0.05) is 96.8 Å². The minimum atomic E-state index is -1.22. The van der Waals surface area contributed by atoms with Crippen molar-refractivity contribution in [1.29, 1.82) is 0 Å². The summed E-state index contributed by atoms with van der Waals surface area (Å²) in [6, 6.07) is 0. The van der Waals surface area contributed by atoms with Gasteiger partial charge in [0.05, 0.1) is 13.2 Å². The largest absolute Gasteiger partial charge is 0.481 e. The Balaban J connectivity index is 0.000000683. The first-order valence-corrected chi connectivity index (χ1v) is 12.4. The molecule has 1 rings (SSSR count). The first-order valence-electron chi connectivity index (χ1n) is 12.4. The van der Waals surface area contributed by atoms with E-state index >= 15 is 0 Å². The van der Waals surface area contributed by atoms with E-state index in [1.807, 2.05) is 0 Å². The molecule has 0 saturated carbocycles. The summed E-state index contributed by atoms with van der Waals surface area (Å²) in [5.41, 5.74) is 0. The van der Waals surface area contributed by atoms with E-state index in [1.54, 1.807) is 0 Å². The van der Waals surface area contributed by atoms with Crippen LogP contribution in [-0.4, -0.2) is 69.1 Å². The molecular formula is C24H48O7. The zero-order valence-electron chi connectivity index (χ0n) is 19.6. The lowest BCUT2D eigenvalue weighted by Crippen LogP contribution is -2.53. The Morgan fingerprint density at radius 2 is 1.16 bits per heavy atom. The second-order valence-corrected chi connectivity index (χ2v) is 8.70. The molecule has 0 bridgehead atoms. The van der Waals surface area contributed by atoms with E-state index in [9.17, 15) is 4.79 Å². The Hall–Kier alpha value is -0.730. The summed E-state index contributed by atoms with van der Waals surface area (Å²) < 4.78 is 4.81. The maximum atomic E-state index is 10.3. The maximum Gasteiger partial charge on any atom is 0.303 e. The number of hydrogen-bond acceptors (Lipinski definition) is 6. The number of ether oxygens (including phenoxy) is 1. The number of aliphatic hydroxyl groups excluding tert-OH is 4. The fourth-order valence-corrected chi connectivity index (χ4v) is 3.68. The van der Waals surface area contributed by atoms with Gasteiger partial charge in [-0.25, -0.2) is 0 Å². The Bertz CT molecular complexity index is 403. The quantitative estimate of drug-likeness (QED) is 0.214. The lowest BCUT2D eigenvalue weighted by molar-refractivity contribution is -0.195. The molecule has 1 heterocycles. The highest BCUT2D eigenvalue weighted by Crippen LogP contribution is 2.15. The van der Waals surface area contributed by atoms with Crippen LogP contribution in [0.25, 0.3) is 0 Å². The molecule has 1 fully saturated rings.